The van der Waals surface area contributed by atoms with E-state index in [9.17, 15) is 9.59 Å². The van der Waals surface area contributed by atoms with Crippen molar-refractivity contribution >= 4 is 29.4 Å². The maximum Gasteiger partial charge on any atom is 0.336 e. The predicted molar refractivity (Wildman–Crippen MR) is 84.4 cm³/mol. The molecule has 1 rings (SSSR count). The summed E-state index contributed by atoms with van der Waals surface area (Å²) in [5, 5.41) is 0. The van der Waals surface area contributed by atoms with Gasteiger partial charge in [-0.3, -0.25) is 9.79 Å². The summed E-state index contributed by atoms with van der Waals surface area (Å²) in [6, 6.07) is 0. The van der Waals surface area contributed by atoms with Crippen LogP contribution in [0.1, 0.15) is 27.7 Å². The normalized spacial score (nSPS) is 21.9. The molecule has 0 aromatic heterocycles. The van der Waals surface area contributed by atoms with Crippen LogP contribution in [0.3, 0.4) is 0 Å². The van der Waals surface area contributed by atoms with Crippen LogP contribution in [0.5, 0.6) is 0 Å². The summed E-state index contributed by atoms with van der Waals surface area (Å²) in [5.41, 5.74) is 1.76. The highest BCUT2D eigenvalue weighted by molar-refractivity contribution is 7.99. The van der Waals surface area contributed by atoms with Crippen LogP contribution in [0.4, 0.5) is 0 Å². The summed E-state index contributed by atoms with van der Waals surface area (Å²) in [5.74, 6) is 0.187. The van der Waals surface area contributed by atoms with Gasteiger partial charge in [-0.05, 0) is 19.6 Å². The molecule has 0 radical (unpaired) electrons. The zero-order valence-electron chi connectivity index (χ0n) is 13.3. The summed E-state index contributed by atoms with van der Waals surface area (Å²) in [7, 11) is 1.34. The van der Waals surface area contributed by atoms with Gasteiger partial charge in [0.15, 0.2) is 0 Å². The lowest BCUT2D eigenvalue weighted by Crippen LogP contribution is -2.36. The van der Waals surface area contributed by atoms with Gasteiger partial charge in [0.05, 0.1) is 12.7 Å². The molecule has 0 saturated carbocycles. The van der Waals surface area contributed by atoms with Crippen LogP contribution in [0.15, 0.2) is 16.3 Å². The second kappa shape index (κ2) is 8.22. The summed E-state index contributed by atoms with van der Waals surface area (Å²) >= 11 is 1.71. The Morgan fingerprint density at radius 2 is 2.00 bits per heavy atom. The van der Waals surface area contributed by atoms with E-state index in [1.807, 2.05) is 6.92 Å². The molecule has 1 heterocycles. The van der Waals surface area contributed by atoms with Crippen molar-refractivity contribution in [1.29, 1.82) is 0 Å². The van der Waals surface area contributed by atoms with Gasteiger partial charge in [0.1, 0.15) is 12.5 Å². The topological polar surface area (TPSA) is 65.0 Å². The molecule has 5 nitrogen and oxygen atoms in total. The van der Waals surface area contributed by atoms with Gasteiger partial charge in [-0.25, -0.2) is 4.79 Å². The predicted octanol–water partition coefficient (Wildman–Crippen LogP) is 2.46. The molecule has 118 valence electrons. The zero-order valence-corrected chi connectivity index (χ0v) is 14.1. The van der Waals surface area contributed by atoms with Gasteiger partial charge in [0.2, 0.25) is 0 Å². The van der Waals surface area contributed by atoms with Crippen molar-refractivity contribution in [2.45, 2.75) is 27.7 Å². The van der Waals surface area contributed by atoms with Crippen LogP contribution in [-0.4, -0.2) is 42.9 Å². The van der Waals surface area contributed by atoms with Crippen LogP contribution >= 0.6 is 11.8 Å². The molecule has 1 aliphatic rings. The van der Waals surface area contributed by atoms with Gasteiger partial charge in [-0.15, -0.1) is 0 Å². The minimum atomic E-state index is -0.522. The number of hydrogen-bond acceptors (Lipinski definition) is 6. The molecule has 1 aliphatic heterocycles. The first kappa shape index (κ1) is 17.8. The molecule has 0 bridgehead atoms. The van der Waals surface area contributed by atoms with Crippen molar-refractivity contribution in [2.24, 2.45) is 16.8 Å². The molecule has 2 atom stereocenters. The van der Waals surface area contributed by atoms with Gasteiger partial charge in [-0.2, -0.15) is 11.8 Å². The number of rotatable bonds is 6. The van der Waals surface area contributed by atoms with Gasteiger partial charge in [-0.1, -0.05) is 13.8 Å². The van der Waals surface area contributed by atoms with E-state index in [-0.39, 0.29) is 17.9 Å². The van der Waals surface area contributed by atoms with Crippen LogP contribution in [0, 0.1) is 11.8 Å². The lowest BCUT2D eigenvalue weighted by Gasteiger charge is -2.28. The van der Waals surface area contributed by atoms with Crippen LogP contribution in [-0.2, 0) is 19.1 Å². The summed E-state index contributed by atoms with van der Waals surface area (Å²) < 4.78 is 10.1. The van der Waals surface area contributed by atoms with Crippen molar-refractivity contribution in [2.75, 3.05) is 25.2 Å². The SMILES string of the molecule is CCSCCOC(=O)C1=C(C)N=C(C)C(C(=O)OC)C1C. The van der Waals surface area contributed by atoms with Crippen molar-refractivity contribution < 1.29 is 19.1 Å². The fourth-order valence-corrected chi connectivity index (χ4v) is 2.99. The molecule has 0 saturated heterocycles. The monoisotopic (exact) mass is 313 g/mol. The Labute approximate surface area is 130 Å². The largest absolute Gasteiger partial charge is 0.468 e. The summed E-state index contributed by atoms with van der Waals surface area (Å²) in [6.07, 6.45) is 0. The molecule has 21 heavy (non-hydrogen) atoms. The smallest absolute Gasteiger partial charge is 0.336 e. The van der Waals surface area contributed by atoms with Crippen LogP contribution in [0.25, 0.3) is 0 Å². The highest BCUT2D eigenvalue weighted by Gasteiger charge is 2.38. The molecular formula is C15H23NO4S. The van der Waals surface area contributed by atoms with Gasteiger partial charge in [0, 0.05) is 23.1 Å². The minimum Gasteiger partial charge on any atom is -0.468 e. The number of allylic oxidation sites excluding steroid dienone is 1. The number of esters is 2. The molecule has 0 aromatic rings. The number of nitrogens with zero attached hydrogens (tertiary/aromatic N) is 1. The van der Waals surface area contributed by atoms with Gasteiger partial charge >= 0.3 is 11.9 Å². The second-order valence-corrected chi connectivity index (χ2v) is 6.27. The zero-order chi connectivity index (χ0) is 16.0. The Kier molecular flexibility index (Phi) is 6.95. The van der Waals surface area contributed by atoms with Crippen LogP contribution in [0.2, 0.25) is 0 Å². The molecular weight excluding hydrogens is 290 g/mol. The lowest BCUT2D eigenvalue weighted by molar-refractivity contribution is -0.144. The standard InChI is InChI=1S/C15H23NO4S/c1-6-21-8-7-20-15(18)13-9(2)12(14(17)19-5)10(3)16-11(13)4/h9,12H,6-8H2,1-5H3. The Bertz CT molecular complexity index is 470. The molecule has 0 amide bonds. The van der Waals surface area contributed by atoms with Crippen molar-refractivity contribution in [3.05, 3.63) is 11.3 Å². The van der Waals surface area contributed by atoms with E-state index in [2.05, 4.69) is 11.9 Å². The van der Waals surface area contributed by atoms with Crippen molar-refractivity contribution in [3.8, 4) is 0 Å². The third-order valence-corrected chi connectivity index (χ3v) is 4.34. The number of carbonyl (C=O) groups excluding carboxylic acids is 2. The number of methoxy groups -OCH3 is 1. The summed E-state index contributed by atoms with van der Waals surface area (Å²) in [6.45, 7) is 7.81. The Hall–Kier alpha value is -1.30. The first-order chi connectivity index (χ1) is 9.93. The molecule has 0 aromatic carbocycles. The molecule has 6 heteroatoms. The Balaban J connectivity index is 2.86. The fourth-order valence-electron chi connectivity index (χ4n) is 2.50. The van der Waals surface area contributed by atoms with E-state index < -0.39 is 5.92 Å². The van der Waals surface area contributed by atoms with E-state index >= 15 is 0 Å². The third kappa shape index (κ3) is 4.33. The molecule has 0 fully saturated rings. The third-order valence-electron chi connectivity index (χ3n) is 3.48. The van der Waals surface area contributed by atoms with Crippen LogP contribution < -0.4 is 0 Å². The van der Waals surface area contributed by atoms with E-state index in [0.717, 1.165) is 11.5 Å². The van der Waals surface area contributed by atoms with E-state index in [0.29, 0.717) is 23.6 Å². The Morgan fingerprint density at radius 1 is 1.33 bits per heavy atom. The van der Waals surface area contributed by atoms with E-state index in [1.54, 1.807) is 25.6 Å². The Morgan fingerprint density at radius 3 is 2.57 bits per heavy atom. The number of carbonyl (C=O) groups is 2. The molecule has 0 spiro atoms. The maximum absolute atomic E-state index is 12.2. The lowest BCUT2D eigenvalue weighted by atomic mass is 9.81. The first-order valence-corrected chi connectivity index (χ1v) is 8.18. The van der Waals surface area contributed by atoms with E-state index in [1.165, 1.54) is 7.11 Å². The number of hydrogen-bond donors (Lipinski definition) is 0. The average Bonchev–Trinajstić information content (AvgIpc) is 2.42. The van der Waals surface area contributed by atoms with Gasteiger partial charge in [0.25, 0.3) is 0 Å². The van der Waals surface area contributed by atoms with Crippen molar-refractivity contribution in [1.82, 2.24) is 0 Å². The average molecular weight is 313 g/mol. The maximum atomic E-state index is 12.2. The summed E-state index contributed by atoms with van der Waals surface area (Å²) in [4.78, 5) is 28.4. The number of ether oxygens (including phenoxy) is 2. The fraction of sp³-hybridized carbons (Fsp3) is 0.667. The molecule has 0 N–H and O–H groups in total. The second-order valence-electron chi connectivity index (χ2n) is 4.87. The number of thioether (sulfide) groups is 1. The van der Waals surface area contributed by atoms with E-state index in [4.69, 9.17) is 9.47 Å². The number of aliphatic imine (C=N–C) groups is 1. The quantitative estimate of drug-likeness (QED) is 0.557. The first-order valence-electron chi connectivity index (χ1n) is 7.02. The highest BCUT2D eigenvalue weighted by Crippen LogP contribution is 2.31. The van der Waals surface area contributed by atoms with Crippen molar-refractivity contribution in [3.63, 3.8) is 0 Å². The molecule has 2 unspecified atom stereocenters. The minimum absolute atomic E-state index is 0.290. The molecule has 0 aliphatic carbocycles. The van der Waals surface area contributed by atoms with Gasteiger partial charge < -0.3 is 9.47 Å². The highest BCUT2D eigenvalue weighted by atomic mass is 32.2.